The molecule has 0 saturated carbocycles. The van der Waals surface area contributed by atoms with E-state index in [1.807, 2.05) is 0 Å². The minimum absolute atomic E-state index is 0.556. The van der Waals surface area contributed by atoms with Crippen molar-refractivity contribution in [3.8, 4) is 0 Å². The second kappa shape index (κ2) is 7.42. The third-order valence-corrected chi connectivity index (χ3v) is 1.53. The van der Waals surface area contributed by atoms with Crippen LogP contribution in [-0.2, 0) is 17.0 Å². The third kappa shape index (κ3) is 5.08. The Kier molecular flexibility index (Phi) is 7.95. The van der Waals surface area contributed by atoms with Gasteiger partial charge in [-0.25, -0.2) is 0 Å². The van der Waals surface area contributed by atoms with E-state index in [-0.39, 0.29) is 0 Å². The molecule has 0 unspecified atom stereocenters. The summed E-state index contributed by atoms with van der Waals surface area (Å²) in [5.41, 5.74) is 1.48. The van der Waals surface area contributed by atoms with Crippen LogP contribution in [0, 0.1) is 5.92 Å². The van der Waals surface area contributed by atoms with Crippen LogP contribution in [0.5, 0.6) is 0 Å². The summed E-state index contributed by atoms with van der Waals surface area (Å²) in [6, 6.07) is 0. The molecule has 0 nitrogen and oxygen atoms in total. The van der Waals surface area contributed by atoms with Gasteiger partial charge in [0.25, 0.3) is 0 Å². The Hall–Kier alpha value is 0.774. The molecule has 61 valence electrons. The molecule has 0 spiro atoms. The predicted molar refractivity (Wildman–Crippen MR) is 48.1 cm³/mol. The maximum atomic E-state index is 4.89. The Morgan fingerprint density at radius 1 is 1.45 bits per heavy atom. The van der Waals surface area contributed by atoms with E-state index in [0.717, 1.165) is 0 Å². The minimum atomic E-state index is -0.556. The van der Waals surface area contributed by atoms with Gasteiger partial charge in [-0.15, -0.1) is 0 Å². The first-order valence-electron chi connectivity index (χ1n) is 3.43. The van der Waals surface area contributed by atoms with E-state index in [1.165, 1.54) is 17.9 Å². The molecule has 3 heteroatoms. The molecular weight excluding hydrogens is 215 g/mol. The van der Waals surface area contributed by atoms with Gasteiger partial charge in [-0.3, -0.25) is 0 Å². The molecule has 0 heterocycles. The molecule has 0 aromatic rings. The normalized spacial score (nSPS) is 15.5. The SMILES string of the molecule is CCC1=CC=C[C]1C.[Cl][Ti][Cl]. The summed E-state index contributed by atoms with van der Waals surface area (Å²) in [4.78, 5) is 0. The van der Waals surface area contributed by atoms with Crippen molar-refractivity contribution >= 4 is 18.6 Å². The molecule has 0 aromatic heterocycles. The zero-order valence-electron chi connectivity index (χ0n) is 6.70. The molecule has 11 heavy (non-hydrogen) atoms. The fourth-order valence-corrected chi connectivity index (χ4v) is 0.944. The van der Waals surface area contributed by atoms with Gasteiger partial charge in [-0.1, -0.05) is 37.6 Å². The molecule has 0 saturated heterocycles. The summed E-state index contributed by atoms with van der Waals surface area (Å²) >= 11 is -0.556. The van der Waals surface area contributed by atoms with Gasteiger partial charge in [0.15, 0.2) is 0 Å². The first kappa shape index (κ1) is 11.8. The molecule has 1 radical (unpaired) electrons. The Labute approximate surface area is 85.3 Å². The summed E-state index contributed by atoms with van der Waals surface area (Å²) in [6.07, 6.45) is 7.60. The Morgan fingerprint density at radius 3 is 2.18 bits per heavy atom. The van der Waals surface area contributed by atoms with Crippen LogP contribution < -0.4 is 0 Å². The second-order valence-electron chi connectivity index (χ2n) is 2.16. The topological polar surface area (TPSA) is 0 Å². The molecule has 0 N–H and O–H groups in total. The van der Waals surface area contributed by atoms with E-state index < -0.39 is 17.0 Å². The summed E-state index contributed by atoms with van der Waals surface area (Å²) < 4.78 is 0. The molecule has 0 amide bonds. The predicted octanol–water partition coefficient (Wildman–Crippen LogP) is 3.86. The van der Waals surface area contributed by atoms with Gasteiger partial charge in [0.1, 0.15) is 0 Å². The maximum absolute atomic E-state index is 4.89. The average Bonchev–Trinajstić information content (AvgIpc) is 2.36. The van der Waals surface area contributed by atoms with Gasteiger partial charge in [0.05, 0.1) is 0 Å². The van der Waals surface area contributed by atoms with E-state index in [4.69, 9.17) is 18.6 Å². The van der Waals surface area contributed by atoms with Gasteiger partial charge < -0.3 is 0 Å². The number of rotatable bonds is 1. The molecular formula is C8H11Cl2Ti. The second-order valence-corrected chi connectivity index (χ2v) is 4.74. The van der Waals surface area contributed by atoms with Crippen molar-refractivity contribution in [2.75, 3.05) is 0 Å². The number of allylic oxidation sites excluding steroid dienone is 4. The molecule has 0 aromatic carbocycles. The first-order chi connectivity index (χ1) is 5.26. The average molecular weight is 226 g/mol. The van der Waals surface area contributed by atoms with Crippen molar-refractivity contribution in [2.45, 2.75) is 20.3 Å². The summed E-state index contributed by atoms with van der Waals surface area (Å²) in [7, 11) is 9.78. The van der Waals surface area contributed by atoms with Crippen LogP contribution in [0.3, 0.4) is 0 Å². The zero-order valence-corrected chi connectivity index (χ0v) is 9.77. The van der Waals surface area contributed by atoms with Crippen molar-refractivity contribution < 1.29 is 17.0 Å². The van der Waals surface area contributed by atoms with Crippen molar-refractivity contribution in [3.05, 3.63) is 29.7 Å². The van der Waals surface area contributed by atoms with Gasteiger partial charge in [-0.05, 0) is 6.42 Å². The van der Waals surface area contributed by atoms with Gasteiger partial charge in [0, 0.05) is 5.92 Å². The number of hydrogen-bond donors (Lipinski definition) is 0. The Balaban J connectivity index is 0.000000292. The van der Waals surface area contributed by atoms with Crippen molar-refractivity contribution in [1.82, 2.24) is 0 Å². The quantitative estimate of drug-likeness (QED) is 0.595. The molecule has 1 aliphatic carbocycles. The van der Waals surface area contributed by atoms with Crippen LogP contribution in [0.4, 0.5) is 0 Å². The molecule has 0 fully saturated rings. The van der Waals surface area contributed by atoms with Crippen molar-refractivity contribution in [1.29, 1.82) is 0 Å². The van der Waals surface area contributed by atoms with E-state index in [1.54, 1.807) is 0 Å². The van der Waals surface area contributed by atoms with Crippen LogP contribution >= 0.6 is 18.6 Å². The molecule has 0 aliphatic heterocycles. The van der Waals surface area contributed by atoms with E-state index >= 15 is 0 Å². The fraction of sp³-hybridized carbons (Fsp3) is 0.375. The molecule has 0 bridgehead atoms. The van der Waals surface area contributed by atoms with Crippen molar-refractivity contribution in [3.63, 3.8) is 0 Å². The van der Waals surface area contributed by atoms with Crippen LogP contribution in [0.2, 0.25) is 0 Å². The van der Waals surface area contributed by atoms with E-state index in [0.29, 0.717) is 0 Å². The van der Waals surface area contributed by atoms with Crippen LogP contribution in [0.1, 0.15) is 20.3 Å². The first-order valence-corrected chi connectivity index (χ1v) is 7.73. The van der Waals surface area contributed by atoms with Gasteiger partial charge in [-0.2, -0.15) is 0 Å². The number of halogens is 2. The number of hydrogen-bond acceptors (Lipinski definition) is 0. The fourth-order valence-electron chi connectivity index (χ4n) is 0.944. The molecule has 0 atom stereocenters. The zero-order chi connectivity index (χ0) is 8.69. The Bertz CT molecular complexity index is 152. The molecule has 1 rings (SSSR count). The summed E-state index contributed by atoms with van der Waals surface area (Å²) in [6.45, 7) is 4.33. The van der Waals surface area contributed by atoms with Gasteiger partial charge >= 0.3 is 35.6 Å². The monoisotopic (exact) mass is 225 g/mol. The van der Waals surface area contributed by atoms with Crippen LogP contribution in [-0.4, -0.2) is 0 Å². The third-order valence-electron chi connectivity index (χ3n) is 1.53. The molecule has 1 aliphatic rings. The van der Waals surface area contributed by atoms with Gasteiger partial charge in [0.2, 0.25) is 0 Å². The summed E-state index contributed by atoms with van der Waals surface area (Å²) in [5.74, 6) is 1.42. The standard InChI is InChI=1S/C8H11.2ClH.Ti/c1-3-8-6-4-5-7(8)2;;;/h4-6H,3H2,1-2H3;2*1H;/q;;;+2/p-2. The van der Waals surface area contributed by atoms with E-state index in [2.05, 4.69) is 32.1 Å². The van der Waals surface area contributed by atoms with E-state index in [9.17, 15) is 0 Å². The van der Waals surface area contributed by atoms with Crippen molar-refractivity contribution in [2.24, 2.45) is 0 Å². The summed E-state index contributed by atoms with van der Waals surface area (Å²) in [5, 5.41) is 0. The van der Waals surface area contributed by atoms with Crippen LogP contribution in [0.25, 0.3) is 0 Å². The Morgan fingerprint density at radius 2 is 2.00 bits per heavy atom. The van der Waals surface area contributed by atoms with Crippen LogP contribution in [0.15, 0.2) is 23.8 Å².